The molecule has 0 aromatic carbocycles. The van der Waals surface area contributed by atoms with Crippen molar-refractivity contribution in [2.75, 3.05) is 40.1 Å². The minimum Gasteiger partial charge on any atom is -0.501 e. The van der Waals surface area contributed by atoms with Crippen LogP contribution in [0.15, 0.2) is 11.8 Å². The lowest BCUT2D eigenvalue weighted by Crippen LogP contribution is -2.34. The Morgan fingerprint density at radius 3 is 2.94 bits per heavy atom. The first-order valence-electron chi connectivity index (χ1n) is 6.99. The van der Waals surface area contributed by atoms with E-state index in [1.165, 1.54) is 5.57 Å². The van der Waals surface area contributed by atoms with Gasteiger partial charge in [0.2, 0.25) is 0 Å². The fourth-order valence-electron chi connectivity index (χ4n) is 2.02. The minimum atomic E-state index is 0.396. The Hall–Kier alpha value is -0.580. The standard InChI is InChI=1S/C14H27NO3/c1-3-7-15-14(6-9-17-11-10-16-2)13-5-4-8-18-12-13/h12,14-15H,3-11H2,1-2H3. The quantitative estimate of drug-likeness (QED) is 0.608. The fraction of sp³-hybridized carbons (Fsp3) is 0.857. The summed E-state index contributed by atoms with van der Waals surface area (Å²) in [6.07, 6.45) is 6.35. The van der Waals surface area contributed by atoms with Crippen molar-refractivity contribution < 1.29 is 14.2 Å². The maximum atomic E-state index is 5.54. The lowest BCUT2D eigenvalue weighted by molar-refractivity contribution is 0.0665. The van der Waals surface area contributed by atoms with Crippen molar-refractivity contribution >= 4 is 0 Å². The predicted molar refractivity (Wildman–Crippen MR) is 72.7 cm³/mol. The Bertz CT molecular complexity index is 231. The second-order valence-corrected chi connectivity index (χ2v) is 4.57. The molecule has 0 radical (unpaired) electrons. The highest BCUT2D eigenvalue weighted by molar-refractivity contribution is 5.09. The maximum Gasteiger partial charge on any atom is 0.0876 e. The maximum absolute atomic E-state index is 5.54. The van der Waals surface area contributed by atoms with Crippen LogP contribution >= 0.6 is 0 Å². The summed E-state index contributed by atoms with van der Waals surface area (Å²) in [6, 6.07) is 0.396. The van der Waals surface area contributed by atoms with E-state index in [1.54, 1.807) is 7.11 Å². The lowest BCUT2D eigenvalue weighted by Gasteiger charge is -2.24. The van der Waals surface area contributed by atoms with Gasteiger partial charge < -0.3 is 19.5 Å². The van der Waals surface area contributed by atoms with Crippen LogP contribution in [0.25, 0.3) is 0 Å². The van der Waals surface area contributed by atoms with Gasteiger partial charge in [0.05, 0.1) is 26.1 Å². The van der Waals surface area contributed by atoms with Crippen LogP contribution in [0.4, 0.5) is 0 Å². The van der Waals surface area contributed by atoms with Gasteiger partial charge in [-0.25, -0.2) is 0 Å². The van der Waals surface area contributed by atoms with E-state index in [0.29, 0.717) is 19.3 Å². The smallest absolute Gasteiger partial charge is 0.0876 e. The van der Waals surface area contributed by atoms with Gasteiger partial charge in [-0.2, -0.15) is 0 Å². The highest BCUT2D eigenvalue weighted by Gasteiger charge is 2.16. The van der Waals surface area contributed by atoms with E-state index in [-0.39, 0.29) is 0 Å². The third kappa shape index (κ3) is 6.38. The van der Waals surface area contributed by atoms with Crippen molar-refractivity contribution in [3.05, 3.63) is 11.8 Å². The van der Waals surface area contributed by atoms with Crippen LogP contribution in [0.2, 0.25) is 0 Å². The Labute approximate surface area is 111 Å². The number of hydrogen-bond acceptors (Lipinski definition) is 4. The van der Waals surface area contributed by atoms with Gasteiger partial charge in [0, 0.05) is 19.8 Å². The third-order valence-corrected chi connectivity index (χ3v) is 3.03. The molecule has 0 aromatic rings. The fourth-order valence-corrected chi connectivity index (χ4v) is 2.02. The largest absolute Gasteiger partial charge is 0.501 e. The Balaban J connectivity index is 2.28. The Kier molecular flexibility index (Phi) is 8.90. The Morgan fingerprint density at radius 1 is 1.39 bits per heavy atom. The van der Waals surface area contributed by atoms with Gasteiger partial charge >= 0.3 is 0 Å². The zero-order valence-electron chi connectivity index (χ0n) is 11.7. The first-order chi connectivity index (χ1) is 8.88. The molecule has 1 aliphatic rings. The molecule has 1 atom stereocenters. The number of nitrogens with one attached hydrogen (secondary N) is 1. The molecule has 18 heavy (non-hydrogen) atoms. The molecule has 0 spiro atoms. The third-order valence-electron chi connectivity index (χ3n) is 3.03. The second kappa shape index (κ2) is 10.4. The van der Waals surface area contributed by atoms with Crippen molar-refractivity contribution in [1.29, 1.82) is 0 Å². The average molecular weight is 257 g/mol. The molecule has 0 amide bonds. The average Bonchev–Trinajstić information content (AvgIpc) is 2.43. The number of hydrogen-bond donors (Lipinski definition) is 1. The van der Waals surface area contributed by atoms with Crippen molar-refractivity contribution in [1.82, 2.24) is 5.32 Å². The molecule has 0 aromatic heterocycles. The SMILES string of the molecule is CCCNC(CCOCCOC)C1=COCCC1. The highest BCUT2D eigenvalue weighted by atomic mass is 16.5. The van der Waals surface area contributed by atoms with E-state index in [2.05, 4.69) is 12.2 Å². The molecular formula is C14H27NO3. The summed E-state index contributed by atoms with van der Waals surface area (Å²) in [5.74, 6) is 0. The van der Waals surface area contributed by atoms with Gasteiger partial charge in [-0.05, 0) is 37.8 Å². The molecule has 1 rings (SSSR count). The molecule has 1 N–H and O–H groups in total. The van der Waals surface area contributed by atoms with Crippen LogP contribution in [-0.4, -0.2) is 46.1 Å². The molecular weight excluding hydrogens is 230 g/mol. The van der Waals surface area contributed by atoms with Crippen LogP contribution in [0.1, 0.15) is 32.6 Å². The van der Waals surface area contributed by atoms with Crippen molar-refractivity contribution in [2.45, 2.75) is 38.6 Å². The van der Waals surface area contributed by atoms with Gasteiger partial charge in [0.1, 0.15) is 0 Å². The highest BCUT2D eigenvalue weighted by Crippen LogP contribution is 2.18. The van der Waals surface area contributed by atoms with Crippen LogP contribution < -0.4 is 5.32 Å². The molecule has 0 bridgehead atoms. The Morgan fingerprint density at radius 2 is 2.28 bits per heavy atom. The van der Waals surface area contributed by atoms with E-state index < -0.39 is 0 Å². The second-order valence-electron chi connectivity index (χ2n) is 4.57. The molecule has 106 valence electrons. The van der Waals surface area contributed by atoms with E-state index >= 15 is 0 Å². The summed E-state index contributed by atoms with van der Waals surface area (Å²) < 4.78 is 15.9. The summed E-state index contributed by atoms with van der Waals surface area (Å²) in [6.45, 7) is 6.19. The summed E-state index contributed by atoms with van der Waals surface area (Å²) in [7, 11) is 1.69. The molecule has 1 heterocycles. The number of ether oxygens (including phenoxy) is 3. The van der Waals surface area contributed by atoms with Crippen LogP contribution in [0.3, 0.4) is 0 Å². The number of methoxy groups -OCH3 is 1. The van der Waals surface area contributed by atoms with Gasteiger partial charge in [0.25, 0.3) is 0 Å². The van der Waals surface area contributed by atoms with Crippen LogP contribution in [0.5, 0.6) is 0 Å². The lowest BCUT2D eigenvalue weighted by atomic mass is 9.99. The van der Waals surface area contributed by atoms with E-state index in [9.17, 15) is 0 Å². The van der Waals surface area contributed by atoms with Crippen LogP contribution in [-0.2, 0) is 14.2 Å². The monoisotopic (exact) mass is 257 g/mol. The molecule has 0 fully saturated rings. The van der Waals surface area contributed by atoms with Gasteiger partial charge in [-0.15, -0.1) is 0 Å². The predicted octanol–water partition coefficient (Wildman–Crippen LogP) is 2.10. The minimum absolute atomic E-state index is 0.396. The zero-order chi connectivity index (χ0) is 13.1. The van der Waals surface area contributed by atoms with Crippen LogP contribution in [0, 0.1) is 0 Å². The number of rotatable bonds is 10. The molecule has 0 saturated heterocycles. The van der Waals surface area contributed by atoms with Crippen molar-refractivity contribution in [2.24, 2.45) is 0 Å². The summed E-state index contributed by atoms with van der Waals surface area (Å²) in [4.78, 5) is 0. The molecule has 4 heteroatoms. The van der Waals surface area contributed by atoms with Gasteiger partial charge in [-0.1, -0.05) is 6.92 Å². The first kappa shape index (κ1) is 15.5. The van der Waals surface area contributed by atoms with E-state index in [0.717, 1.165) is 45.4 Å². The molecule has 0 aliphatic carbocycles. The molecule has 1 unspecified atom stereocenters. The summed E-state index contributed by atoms with van der Waals surface area (Å²) >= 11 is 0. The van der Waals surface area contributed by atoms with Gasteiger partial charge in [-0.3, -0.25) is 0 Å². The topological polar surface area (TPSA) is 39.7 Å². The van der Waals surface area contributed by atoms with Crippen molar-refractivity contribution in [3.8, 4) is 0 Å². The normalized spacial score (nSPS) is 17.1. The zero-order valence-corrected chi connectivity index (χ0v) is 11.7. The van der Waals surface area contributed by atoms with Crippen molar-refractivity contribution in [3.63, 3.8) is 0 Å². The summed E-state index contributed by atoms with van der Waals surface area (Å²) in [5, 5.41) is 3.57. The van der Waals surface area contributed by atoms with E-state index in [4.69, 9.17) is 14.2 Å². The first-order valence-corrected chi connectivity index (χ1v) is 6.99. The molecule has 0 saturated carbocycles. The van der Waals surface area contributed by atoms with Gasteiger partial charge in [0.15, 0.2) is 0 Å². The van der Waals surface area contributed by atoms with E-state index in [1.807, 2.05) is 6.26 Å². The molecule has 1 aliphatic heterocycles. The summed E-state index contributed by atoms with van der Waals surface area (Å²) in [5.41, 5.74) is 1.38. The molecule has 4 nitrogen and oxygen atoms in total.